The van der Waals surface area contributed by atoms with Gasteiger partial charge < -0.3 is 9.47 Å². The molecule has 3 nitrogen and oxygen atoms in total. The van der Waals surface area contributed by atoms with Crippen LogP contribution in [0.4, 0.5) is 0 Å². The molecule has 17 heavy (non-hydrogen) atoms. The first-order chi connectivity index (χ1) is 8.12. The molecule has 0 saturated carbocycles. The summed E-state index contributed by atoms with van der Waals surface area (Å²) >= 11 is 6.88. The van der Waals surface area contributed by atoms with Crippen molar-refractivity contribution in [3.05, 3.63) is 27.7 Å². The second kappa shape index (κ2) is 7.01. The molecule has 0 heterocycles. The largest absolute Gasteiger partial charge is 0.497 e. The SMILES string of the molecule is CCOC(=O)Cc1cc(OC)cc(Br)c1CBr. The van der Waals surface area contributed by atoms with Crippen LogP contribution in [0.3, 0.4) is 0 Å². The molecule has 0 N–H and O–H groups in total. The van der Waals surface area contributed by atoms with E-state index in [-0.39, 0.29) is 12.4 Å². The van der Waals surface area contributed by atoms with Gasteiger partial charge in [0.25, 0.3) is 0 Å². The van der Waals surface area contributed by atoms with E-state index in [1.165, 1.54) is 0 Å². The topological polar surface area (TPSA) is 35.5 Å². The van der Waals surface area contributed by atoms with E-state index in [0.29, 0.717) is 11.9 Å². The number of carbonyl (C=O) groups excluding carboxylic acids is 1. The Labute approximate surface area is 118 Å². The Bertz CT molecular complexity index is 405. The highest BCUT2D eigenvalue weighted by Crippen LogP contribution is 2.29. The summed E-state index contributed by atoms with van der Waals surface area (Å²) in [5.74, 6) is 0.496. The molecule has 0 aromatic heterocycles. The maximum Gasteiger partial charge on any atom is 0.310 e. The molecular weight excluding hydrogens is 352 g/mol. The number of ether oxygens (including phenoxy) is 2. The first kappa shape index (κ1) is 14.5. The molecule has 1 rings (SSSR count). The van der Waals surface area contributed by atoms with Crippen molar-refractivity contribution in [1.82, 2.24) is 0 Å². The predicted octanol–water partition coefficient (Wildman–Crippen LogP) is 3.46. The molecule has 1 aromatic carbocycles. The van der Waals surface area contributed by atoms with Crippen molar-refractivity contribution in [2.75, 3.05) is 13.7 Å². The van der Waals surface area contributed by atoms with E-state index in [1.807, 2.05) is 12.1 Å². The van der Waals surface area contributed by atoms with E-state index < -0.39 is 0 Å². The fourth-order valence-electron chi connectivity index (χ4n) is 1.46. The maximum atomic E-state index is 11.5. The molecule has 94 valence electrons. The average Bonchev–Trinajstić information content (AvgIpc) is 2.28. The zero-order valence-electron chi connectivity index (χ0n) is 9.76. The summed E-state index contributed by atoms with van der Waals surface area (Å²) < 4.78 is 11.1. The summed E-state index contributed by atoms with van der Waals surface area (Å²) in [5, 5.41) is 0.673. The number of halogens is 2. The summed E-state index contributed by atoms with van der Waals surface area (Å²) in [6.07, 6.45) is 0.255. The lowest BCUT2D eigenvalue weighted by Crippen LogP contribution is -2.09. The molecule has 0 aliphatic heterocycles. The van der Waals surface area contributed by atoms with Crippen LogP contribution in [-0.4, -0.2) is 19.7 Å². The Morgan fingerprint density at radius 1 is 1.41 bits per heavy atom. The highest BCUT2D eigenvalue weighted by molar-refractivity contribution is 9.10. The van der Waals surface area contributed by atoms with Crippen LogP contribution >= 0.6 is 31.9 Å². The lowest BCUT2D eigenvalue weighted by molar-refractivity contribution is -0.142. The van der Waals surface area contributed by atoms with Crippen LogP contribution in [0.15, 0.2) is 16.6 Å². The predicted molar refractivity (Wildman–Crippen MR) is 73.7 cm³/mol. The molecule has 0 atom stereocenters. The summed E-state index contributed by atoms with van der Waals surface area (Å²) in [4.78, 5) is 11.5. The Morgan fingerprint density at radius 3 is 2.65 bits per heavy atom. The Hall–Kier alpha value is -0.550. The van der Waals surface area contributed by atoms with Gasteiger partial charge in [-0.15, -0.1) is 0 Å². The number of benzene rings is 1. The number of methoxy groups -OCH3 is 1. The molecule has 0 aliphatic carbocycles. The van der Waals surface area contributed by atoms with Gasteiger partial charge in [-0.1, -0.05) is 31.9 Å². The van der Waals surface area contributed by atoms with Crippen LogP contribution in [0.25, 0.3) is 0 Å². The van der Waals surface area contributed by atoms with Crippen molar-refractivity contribution in [2.45, 2.75) is 18.7 Å². The minimum atomic E-state index is -0.227. The van der Waals surface area contributed by atoms with Gasteiger partial charge in [0.2, 0.25) is 0 Å². The third kappa shape index (κ3) is 4.00. The highest BCUT2D eigenvalue weighted by atomic mass is 79.9. The molecule has 0 saturated heterocycles. The van der Waals surface area contributed by atoms with Crippen molar-refractivity contribution < 1.29 is 14.3 Å². The third-order valence-electron chi connectivity index (χ3n) is 2.27. The van der Waals surface area contributed by atoms with Crippen molar-refractivity contribution in [3.63, 3.8) is 0 Å². The smallest absolute Gasteiger partial charge is 0.310 e. The lowest BCUT2D eigenvalue weighted by atomic mass is 10.1. The molecule has 5 heteroatoms. The number of hydrogen-bond acceptors (Lipinski definition) is 3. The lowest BCUT2D eigenvalue weighted by Gasteiger charge is -2.11. The molecule has 0 radical (unpaired) electrons. The molecule has 0 spiro atoms. The van der Waals surface area contributed by atoms with Crippen LogP contribution in [0.5, 0.6) is 5.75 Å². The van der Waals surface area contributed by atoms with Crippen LogP contribution in [0.1, 0.15) is 18.1 Å². The maximum absolute atomic E-state index is 11.5. The first-order valence-electron chi connectivity index (χ1n) is 5.19. The normalized spacial score (nSPS) is 10.1. The summed E-state index contributed by atoms with van der Waals surface area (Å²) in [6.45, 7) is 2.19. The van der Waals surface area contributed by atoms with Gasteiger partial charge in [-0.3, -0.25) is 4.79 Å². The van der Waals surface area contributed by atoms with E-state index in [0.717, 1.165) is 21.3 Å². The van der Waals surface area contributed by atoms with E-state index in [1.54, 1.807) is 14.0 Å². The molecule has 0 bridgehead atoms. The molecule has 1 aromatic rings. The molecule has 0 fully saturated rings. The van der Waals surface area contributed by atoms with Gasteiger partial charge in [0.1, 0.15) is 5.75 Å². The second-order valence-electron chi connectivity index (χ2n) is 3.36. The zero-order chi connectivity index (χ0) is 12.8. The van der Waals surface area contributed by atoms with Crippen LogP contribution < -0.4 is 4.74 Å². The van der Waals surface area contributed by atoms with Crippen LogP contribution in [0, 0.1) is 0 Å². The number of carbonyl (C=O) groups is 1. The summed E-state index contributed by atoms with van der Waals surface area (Å²) in [7, 11) is 1.60. The molecule has 0 amide bonds. The summed E-state index contributed by atoms with van der Waals surface area (Å²) in [6, 6.07) is 3.74. The van der Waals surface area contributed by atoms with Gasteiger partial charge in [0.15, 0.2) is 0 Å². The highest BCUT2D eigenvalue weighted by Gasteiger charge is 2.13. The zero-order valence-corrected chi connectivity index (χ0v) is 12.9. The second-order valence-corrected chi connectivity index (χ2v) is 4.78. The van der Waals surface area contributed by atoms with Crippen molar-refractivity contribution in [2.24, 2.45) is 0 Å². The van der Waals surface area contributed by atoms with Gasteiger partial charge >= 0.3 is 5.97 Å². The number of alkyl halides is 1. The Kier molecular flexibility index (Phi) is 5.98. The van der Waals surface area contributed by atoms with Crippen molar-refractivity contribution in [3.8, 4) is 5.75 Å². The third-order valence-corrected chi connectivity index (χ3v) is 3.54. The van der Waals surface area contributed by atoms with E-state index >= 15 is 0 Å². The van der Waals surface area contributed by atoms with Crippen molar-refractivity contribution >= 4 is 37.8 Å². The number of esters is 1. The Morgan fingerprint density at radius 2 is 2.12 bits per heavy atom. The molecular formula is C12H14Br2O3. The van der Waals surface area contributed by atoms with Gasteiger partial charge in [-0.05, 0) is 30.2 Å². The van der Waals surface area contributed by atoms with Crippen LogP contribution in [-0.2, 0) is 21.3 Å². The van der Waals surface area contributed by atoms with E-state index in [2.05, 4.69) is 31.9 Å². The number of rotatable bonds is 5. The van der Waals surface area contributed by atoms with E-state index in [9.17, 15) is 4.79 Å². The fraction of sp³-hybridized carbons (Fsp3) is 0.417. The minimum absolute atomic E-state index is 0.227. The Balaban J connectivity index is 3.02. The quantitative estimate of drug-likeness (QED) is 0.592. The molecule has 0 aliphatic rings. The summed E-state index contributed by atoms with van der Waals surface area (Å²) in [5.41, 5.74) is 1.95. The average molecular weight is 366 g/mol. The van der Waals surface area contributed by atoms with Crippen LogP contribution in [0.2, 0.25) is 0 Å². The van der Waals surface area contributed by atoms with Gasteiger partial charge in [0, 0.05) is 9.80 Å². The van der Waals surface area contributed by atoms with Gasteiger partial charge in [-0.25, -0.2) is 0 Å². The minimum Gasteiger partial charge on any atom is -0.497 e. The fourth-order valence-corrected chi connectivity index (χ4v) is 3.12. The van der Waals surface area contributed by atoms with Gasteiger partial charge in [0.05, 0.1) is 20.1 Å². The van der Waals surface area contributed by atoms with Gasteiger partial charge in [-0.2, -0.15) is 0 Å². The first-order valence-corrected chi connectivity index (χ1v) is 7.10. The van der Waals surface area contributed by atoms with Crippen molar-refractivity contribution in [1.29, 1.82) is 0 Å². The monoisotopic (exact) mass is 364 g/mol. The standard InChI is InChI=1S/C12H14Br2O3/c1-3-17-12(15)5-8-4-9(16-2)6-11(14)10(8)7-13/h4,6H,3,5,7H2,1-2H3. The molecule has 0 unspecified atom stereocenters. The number of hydrogen-bond donors (Lipinski definition) is 0. The van der Waals surface area contributed by atoms with E-state index in [4.69, 9.17) is 9.47 Å².